The molecule has 0 saturated heterocycles. The van der Waals surface area contributed by atoms with Gasteiger partial charge in [0, 0.05) is 0 Å². The number of ether oxygens (including phenoxy) is 4. The van der Waals surface area contributed by atoms with Crippen molar-refractivity contribution in [1.82, 2.24) is 0 Å². The largest absolute Gasteiger partial charge is 0.465 e. The third-order valence-electron chi connectivity index (χ3n) is 5.39. The van der Waals surface area contributed by atoms with Crippen LogP contribution in [0.3, 0.4) is 0 Å². The molecule has 0 aliphatic heterocycles. The highest BCUT2D eigenvalue weighted by atomic mass is 16.7. The molecule has 3 aromatic rings. The van der Waals surface area contributed by atoms with Gasteiger partial charge < -0.3 is 29.2 Å². The Bertz CT molecular complexity index is 1290. The van der Waals surface area contributed by atoms with Crippen LogP contribution in [-0.4, -0.2) is 71.6 Å². The average Bonchev–Trinajstić information content (AvgIpc) is 2.98. The Labute approximate surface area is 222 Å². The fraction of sp³-hybridized carbons (Fsp3) is 0.179. The van der Waals surface area contributed by atoms with Gasteiger partial charge in [0.15, 0.2) is 18.5 Å². The molecule has 0 aromatic heterocycles. The Morgan fingerprint density at radius 3 is 1.44 bits per heavy atom. The van der Waals surface area contributed by atoms with Crippen LogP contribution in [0, 0.1) is 0 Å². The first-order valence-electron chi connectivity index (χ1n) is 11.5. The second-order valence-electron chi connectivity index (χ2n) is 8.02. The Balaban J connectivity index is 2.07. The number of esters is 4. The summed E-state index contributed by atoms with van der Waals surface area (Å²) >= 11 is 0. The van der Waals surface area contributed by atoms with E-state index in [0.717, 1.165) is 7.11 Å². The SMILES string of the molecule is COC(=O)C(O)(O)[C@@H](OC(=O)c1ccccc1)[C@H](OC(=O)c1ccccc1)[C@H](C=O)OC(=O)c1ccccc1. The number of rotatable bonds is 11. The molecule has 3 rings (SSSR count). The zero-order chi connectivity index (χ0) is 28.4. The average molecular weight is 536 g/mol. The fourth-order valence-corrected chi connectivity index (χ4v) is 3.41. The van der Waals surface area contributed by atoms with Gasteiger partial charge in [-0.25, -0.2) is 19.2 Å². The van der Waals surface area contributed by atoms with Crippen molar-refractivity contribution < 1.29 is 53.1 Å². The molecule has 0 aliphatic rings. The van der Waals surface area contributed by atoms with Gasteiger partial charge in [-0.05, 0) is 36.4 Å². The lowest BCUT2D eigenvalue weighted by Gasteiger charge is -2.35. The predicted molar refractivity (Wildman–Crippen MR) is 132 cm³/mol. The monoisotopic (exact) mass is 536 g/mol. The van der Waals surface area contributed by atoms with E-state index < -0.39 is 48.0 Å². The summed E-state index contributed by atoms with van der Waals surface area (Å²) in [6, 6.07) is 21.9. The van der Waals surface area contributed by atoms with E-state index in [1.807, 2.05) is 0 Å². The van der Waals surface area contributed by atoms with Crippen LogP contribution in [0.2, 0.25) is 0 Å². The molecule has 3 aromatic carbocycles. The lowest BCUT2D eigenvalue weighted by molar-refractivity contribution is -0.257. The highest BCUT2D eigenvalue weighted by Crippen LogP contribution is 2.25. The standard InChI is InChI=1S/C28H24O11/c1-36-27(33)28(34,35)23(39-26(32)20-15-9-4-10-16-20)22(38-25(31)19-13-7-3-8-14-19)21(17-29)37-24(30)18-11-5-2-6-12-18/h2-17,21-23,34-35H,1H3/t21-,22+,23-/m0/s1. The molecule has 202 valence electrons. The number of aliphatic hydroxyl groups is 2. The molecule has 0 bridgehead atoms. The highest BCUT2D eigenvalue weighted by molar-refractivity contribution is 5.92. The number of aldehydes is 1. The van der Waals surface area contributed by atoms with E-state index in [0.29, 0.717) is 0 Å². The lowest BCUT2D eigenvalue weighted by Crippen LogP contribution is -2.61. The topological polar surface area (TPSA) is 163 Å². The summed E-state index contributed by atoms with van der Waals surface area (Å²) in [5, 5.41) is 21.5. The van der Waals surface area contributed by atoms with Gasteiger partial charge in [-0.3, -0.25) is 4.79 Å². The number of hydrogen-bond donors (Lipinski definition) is 2. The minimum Gasteiger partial charge on any atom is -0.465 e. The summed E-state index contributed by atoms with van der Waals surface area (Å²) in [6.45, 7) is 0. The van der Waals surface area contributed by atoms with Gasteiger partial charge in [0.1, 0.15) is 0 Å². The van der Waals surface area contributed by atoms with Crippen molar-refractivity contribution in [2.75, 3.05) is 7.11 Å². The first-order chi connectivity index (χ1) is 18.7. The molecule has 0 amide bonds. The molecule has 0 saturated carbocycles. The lowest BCUT2D eigenvalue weighted by atomic mass is 9.99. The van der Waals surface area contributed by atoms with Crippen molar-refractivity contribution in [2.24, 2.45) is 0 Å². The zero-order valence-corrected chi connectivity index (χ0v) is 20.5. The molecule has 0 spiro atoms. The Kier molecular flexibility index (Phi) is 9.63. The maximum atomic E-state index is 13.0. The summed E-state index contributed by atoms with van der Waals surface area (Å²) in [5.74, 6) is -8.74. The minimum atomic E-state index is -3.67. The number of hydrogen-bond acceptors (Lipinski definition) is 11. The summed E-state index contributed by atoms with van der Waals surface area (Å²) in [5.41, 5.74) is -0.128. The van der Waals surface area contributed by atoms with Gasteiger partial charge in [-0.1, -0.05) is 54.6 Å². The molecule has 0 fully saturated rings. The van der Waals surface area contributed by atoms with Crippen LogP contribution in [0.4, 0.5) is 0 Å². The molecular formula is C28H24O11. The predicted octanol–water partition coefficient (Wildman–Crippen LogP) is 1.72. The van der Waals surface area contributed by atoms with Crippen molar-refractivity contribution in [1.29, 1.82) is 0 Å². The molecular weight excluding hydrogens is 512 g/mol. The maximum absolute atomic E-state index is 13.0. The van der Waals surface area contributed by atoms with Crippen molar-refractivity contribution in [2.45, 2.75) is 24.1 Å². The number of carbonyl (C=O) groups is 5. The first kappa shape index (κ1) is 28.7. The molecule has 0 aliphatic carbocycles. The second kappa shape index (κ2) is 13.1. The summed E-state index contributed by atoms with van der Waals surface area (Å²) < 4.78 is 20.2. The van der Waals surface area contributed by atoms with E-state index in [9.17, 15) is 34.2 Å². The molecule has 11 nitrogen and oxygen atoms in total. The number of carbonyl (C=O) groups excluding carboxylic acids is 5. The smallest absolute Gasteiger partial charge is 0.370 e. The fourth-order valence-electron chi connectivity index (χ4n) is 3.41. The number of methoxy groups -OCH3 is 1. The third-order valence-corrected chi connectivity index (χ3v) is 5.39. The summed E-state index contributed by atoms with van der Waals surface area (Å²) in [6.07, 6.45) is -6.79. The van der Waals surface area contributed by atoms with Crippen molar-refractivity contribution >= 4 is 30.2 Å². The number of benzene rings is 3. The van der Waals surface area contributed by atoms with Crippen molar-refractivity contribution in [3.8, 4) is 0 Å². The Hall–Kier alpha value is -4.87. The van der Waals surface area contributed by atoms with Gasteiger partial charge in [0.05, 0.1) is 23.8 Å². The van der Waals surface area contributed by atoms with Crippen LogP contribution in [0.1, 0.15) is 31.1 Å². The highest BCUT2D eigenvalue weighted by Gasteiger charge is 2.55. The van der Waals surface area contributed by atoms with Gasteiger partial charge in [0.2, 0.25) is 6.10 Å². The van der Waals surface area contributed by atoms with Crippen LogP contribution in [-0.2, 0) is 28.5 Å². The van der Waals surface area contributed by atoms with Crippen LogP contribution < -0.4 is 0 Å². The molecule has 2 N–H and O–H groups in total. The first-order valence-corrected chi connectivity index (χ1v) is 11.5. The minimum absolute atomic E-state index is 0.00236. The van der Waals surface area contributed by atoms with E-state index in [-0.39, 0.29) is 23.0 Å². The van der Waals surface area contributed by atoms with Gasteiger partial charge in [0.25, 0.3) is 0 Å². The van der Waals surface area contributed by atoms with E-state index in [1.165, 1.54) is 72.8 Å². The normalized spacial score (nSPS) is 13.2. The van der Waals surface area contributed by atoms with Crippen molar-refractivity contribution in [3.05, 3.63) is 108 Å². The Morgan fingerprint density at radius 2 is 1.05 bits per heavy atom. The Morgan fingerprint density at radius 1 is 0.667 bits per heavy atom. The molecule has 0 unspecified atom stereocenters. The van der Waals surface area contributed by atoms with Crippen LogP contribution in [0.15, 0.2) is 91.0 Å². The van der Waals surface area contributed by atoms with Crippen LogP contribution in [0.5, 0.6) is 0 Å². The summed E-state index contributed by atoms with van der Waals surface area (Å²) in [4.78, 5) is 63.1. The van der Waals surface area contributed by atoms with E-state index in [4.69, 9.17) is 14.2 Å². The van der Waals surface area contributed by atoms with E-state index in [2.05, 4.69) is 4.74 Å². The zero-order valence-electron chi connectivity index (χ0n) is 20.5. The van der Waals surface area contributed by atoms with E-state index in [1.54, 1.807) is 18.2 Å². The quantitative estimate of drug-likeness (QED) is 0.159. The van der Waals surface area contributed by atoms with Crippen LogP contribution in [0.25, 0.3) is 0 Å². The second-order valence-corrected chi connectivity index (χ2v) is 8.02. The molecule has 0 radical (unpaired) electrons. The molecule has 11 heteroatoms. The van der Waals surface area contributed by atoms with Gasteiger partial charge >= 0.3 is 29.7 Å². The molecule has 0 heterocycles. The van der Waals surface area contributed by atoms with Crippen LogP contribution >= 0.6 is 0 Å². The van der Waals surface area contributed by atoms with Gasteiger partial charge in [-0.15, -0.1) is 0 Å². The summed E-state index contributed by atoms with van der Waals surface area (Å²) in [7, 11) is 0.817. The molecule has 39 heavy (non-hydrogen) atoms. The van der Waals surface area contributed by atoms with Crippen molar-refractivity contribution in [3.63, 3.8) is 0 Å². The third kappa shape index (κ3) is 7.12. The van der Waals surface area contributed by atoms with E-state index >= 15 is 0 Å². The molecule has 3 atom stereocenters. The van der Waals surface area contributed by atoms with Gasteiger partial charge in [-0.2, -0.15) is 0 Å². The maximum Gasteiger partial charge on any atom is 0.370 e.